The Labute approximate surface area is 529 Å². The van der Waals surface area contributed by atoms with Gasteiger partial charge in [0.2, 0.25) is 0 Å². The molecule has 0 spiro atoms. The normalized spacial score (nSPS) is 15.0. The van der Waals surface area contributed by atoms with Crippen LogP contribution < -0.4 is 33.0 Å². The van der Waals surface area contributed by atoms with Crippen LogP contribution in [-0.2, 0) is 18.7 Å². The Morgan fingerprint density at radius 3 is 1.42 bits per heavy atom. The van der Waals surface area contributed by atoms with Crippen LogP contribution in [0.3, 0.4) is 0 Å². The number of rotatable bonds is 13. The number of nitrogens with zero attached hydrogens (tertiary/aromatic N) is 7. The predicted molar refractivity (Wildman–Crippen MR) is 350 cm³/mol. The molecular formula is C68H79N12O10P. The lowest BCUT2D eigenvalue weighted by atomic mass is 10.0. The van der Waals surface area contributed by atoms with Crippen LogP contribution in [0.5, 0.6) is 0 Å². The summed E-state index contributed by atoms with van der Waals surface area (Å²) in [6.07, 6.45) is 7.46. The van der Waals surface area contributed by atoms with Gasteiger partial charge in [-0.3, -0.25) is 33.5 Å². The molecule has 2 atom stereocenters. The molecule has 91 heavy (non-hydrogen) atoms. The van der Waals surface area contributed by atoms with Crippen molar-refractivity contribution in [2.45, 2.75) is 131 Å². The Bertz CT molecular complexity index is 3860. The molecule has 0 radical (unpaired) electrons. The molecule has 2 saturated heterocycles. The van der Waals surface area contributed by atoms with Crippen molar-refractivity contribution in [2.75, 3.05) is 29.6 Å². The first-order chi connectivity index (χ1) is 43.2. The van der Waals surface area contributed by atoms with Crippen LogP contribution in [-0.4, -0.2) is 99.3 Å². The number of aryl methyl sites for hydroxylation is 2. The topological polar surface area (TPSA) is 302 Å². The summed E-state index contributed by atoms with van der Waals surface area (Å²) < 4.78 is 29.9. The molecule has 8 aromatic rings. The Morgan fingerprint density at radius 1 is 0.571 bits per heavy atom. The molecule has 22 nitrogen and oxygen atoms in total. The van der Waals surface area contributed by atoms with Gasteiger partial charge in [-0.2, -0.15) is 0 Å². The van der Waals surface area contributed by atoms with Crippen molar-refractivity contribution in [1.29, 1.82) is 0 Å². The fraction of sp³-hybridized carbons (Fsp3) is 0.324. The van der Waals surface area contributed by atoms with E-state index in [4.69, 9.17) is 35.8 Å². The van der Waals surface area contributed by atoms with E-state index in [0.29, 0.717) is 92.7 Å². The summed E-state index contributed by atoms with van der Waals surface area (Å²) in [4.78, 5) is 101. The molecule has 0 bridgehead atoms. The Morgan fingerprint density at radius 2 is 1.01 bits per heavy atom. The van der Waals surface area contributed by atoms with Gasteiger partial charge in [-0.15, -0.1) is 0 Å². The first kappa shape index (κ1) is 67.3. The number of carbonyl (C=O) groups is 6. The fourth-order valence-electron chi connectivity index (χ4n) is 10.3. The van der Waals surface area contributed by atoms with Crippen LogP contribution >= 0.6 is 7.37 Å². The van der Waals surface area contributed by atoms with Crippen molar-refractivity contribution in [2.24, 2.45) is 5.90 Å². The number of hydrogen-bond donors (Lipinski definition) is 5. The molecular weight excluding hydrogens is 1180 g/mol. The lowest BCUT2D eigenvalue weighted by Gasteiger charge is -2.36. The van der Waals surface area contributed by atoms with Gasteiger partial charge in [0.15, 0.2) is 17.4 Å². The number of likely N-dealkylation sites (tertiary alicyclic amines) is 2. The zero-order valence-electron chi connectivity index (χ0n) is 53.0. The van der Waals surface area contributed by atoms with Crippen molar-refractivity contribution in [3.63, 3.8) is 0 Å². The highest BCUT2D eigenvalue weighted by atomic mass is 31.2. The summed E-state index contributed by atoms with van der Waals surface area (Å²) >= 11 is 0. The van der Waals surface area contributed by atoms with E-state index in [1.807, 2.05) is 104 Å². The maximum Gasteiger partial charge on any atom is 0.410 e. The standard InChI is InChI=1S/C28H34N6O4.C28H33N5O4.C12H12NO2P/c1-17-9-14-22(30-16-17)31-26(36)20-12-10-19(11-13-20)23-24(18(2)35)34(29)25(32-23)21-8-6-7-15-33(21)27(37)38-28(3,4)5;1-17-9-14-22(29-16-17)30-26(35)20-12-10-19(11-13-20)24-23(18(2)34)31-25(32-24)21-8-6-7-15-33(21)27(36)37-28(3,4)5;13-15-16(14,11-7-3-1-4-8-11)12-9-5-2-6-10-12/h9-14,16,21H,6-8,15,29H2,1-5H3,(H,30,31,36);9-14,16,21H,6-8,15H2,1-5H3,(H,31,32)(H,29,30,35);1-10H,13H2/t2*21-;/m00./s1. The van der Waals surface area contributed by atoms with Crippen molar-refractivity contribution in [3.8, 4) is 22.5 Å². The minimum absolute atomic E-state index is 0.166. The maximum atomic E-state index is 13.0. The number of piperidine rings is 2. The first-order valence-electron chi connectivity index (χ1n) is 30.0. The minimum Gasteiger partial charge on any atom is -0.444 e. The number of aromatic nitrogens is 6. The van der Waals surface area contributed by atoms with Crippen LogP contribution in [0.15, 0.2) is 146 Å². The molecule has 2 fully saturated rings. The molecule has 4 amide bonds. The third-order valence-electron chi connectivity index (χ3n) is 14.7. The smallest absolute Gasteiger partial charge is 0.410 e. The average molecular weight is 1260 g/mol. The van der Waals surface area contributed by atoms with E-state index in [1.54, 1.807) is 107 Å². The molecule has 0 saturated carbocycles. The van der Waals surface area contributed by atoms with Crippen molar-refractivity contribution in [3.05, 3.63) is 191 Å². The minimum atomic E-state index is -3.13. The average Bonchev–Trinajstić information content (AvgIpc) is 1.67. The number of hydrogen-bond acceptors (Lipinski definition) is 16. The molecule has 4 aromatic heterocycles. The zero-order valence-corrected chi connectivity index (χ0v) is 53.9. The molecule has 23 heteroatoms. The summed E-state index contributed by atoms with van der Waals surface area (Å²) in [5.74, 6) is 12.5. The monoisotopic (exact) mass is 1250 g/mol. The molecule has 476 valence electrons. The van der Waals surface area contributed by atoms with E-state index in [1.165, 1.54) is 18.5 Å². The predicted octanol–water partition coefficient (Wildman–Crippen LogP) is 12.4. The molecule has 6 heterocycles. The van der Waals surface area contributed by atoms with E-state index in [0.717, 1.165) is 43.2 Å². The van der Waals surface area contributed by atoms with E-state index in [-0.39, 0.29) is 35.1 Å². The Kier molecular flexibility index (Phi) is 21.7. The van der Waals surface area contributed by atoms with Crippen LogP contribution in [0, 0.1) is 13.8 Å². The van der Waals surface area contributed by atoms with Gasteiger partial charge in [0.1, 0.15) is 45.7 Å². The third kappa shape index (κ3) is 17.2. The second-order valence-electron chi connectivity index (χ2n) is 24.2. The number of benzene rings is 4. The number of pyridine rings is 2. The lowest BCUT2D eigenvalue weighted by Crippen LogP contribution is -2.43. The maximum absolute atomic E-state index is 13.0. The van der Waals surface area contributed by atoms with Crippen molar-refractivity contribution < 1.29 is 47.4 Å². The zero-order chi connectivity index (χ0) is 65.8. The molecule has 0 unspecified atom stereocenters. The van der Waals surface area contributed by atoms with Gasteiger partial charge in [-0.05, 0) is 166 Å². The van der Waals surface area contributed by atoms with Gasteiger partial charge < -0.3 is 30.9 Å². The number of nitrogen functional groups attached to an aromatic ring is 1. The van der Waals surface area contributed by atoms with E-state index in [2.05, 4.69) is 25.6 Å². The first-order valence-corrected chi connectivity index (χ1v) is 31.6. The van der Waals surface area contributed by atoms with Crippen molar-refractivity contribution >= 4 is 65.2 Å². The highest BCUT2D eigenvalue weighted by Crippen LogP contribution is 2.42. The number of aromatic amines is 1. The summed E-state index contributed by atoms with van der Waals surface area (Å²) in [7, 11) is -3.13. The number of ketones is 2. The number of nitrogens with one attached hydrogen (secondary N) is 3. The summed E-state index contributed by atoms with van der Waals surface area (Å²) in [6.45, 7) is 18.8. The van der Waals surface area contributed by atoms with Crippen LogP contribution in [0.25, 0.3) is 22.5 Å². The number of imidazole rings is 2. The van der Waals surface area contributed by atoms with Gasteiger partial charge in [-0.1, -0.05) is 72.8 Å². The summed E-state index contributed by atoms with van der Waals surface area (Å²) in [5.41, 5.74) is 4.44. The number of carbonyl (C=O) groups excluding carboxylic acids is 6. The van der Waals surface area contributed by atoms with Gasteiger partial charge in [0.05, 0.1) is 17.8 Å². The quantitative estimate of drug-likeness (QED) is 0.0310. The number of ether oxygens (including phenoxy) is 2. The number of anilines is 2. The lowest BCUT2D eigenvalue weighted by molar-refractivity contribution is 0.00739. The van der Waals surface area contributed by atoms with Gasteiger partial charge >= 0.3 is 12.2 Å². The van der Waals surface area contributed by atoms with E-state index < -0.39 is 36.8 Å². The summed E-state index contributed by atoms with van der Waals surface area (Å²) in [6, 6.07) is 38.1. The van der Waals surface area contributed by atoms with E-state index >= 15 is 0 Å². The Balaban J connectivity index is 0.000000190. The third-order valence-corrected chi connectivity index (χ3v) is 17.0. The number of H-pyrrole nitrogens is 1. The SMILES string of the molecule is CC(=O)c1[nH]c([C@@H]2CCCCN2C(=O)OC(C)(C)C)nc1-c1ccc(C(=O)Nc2ccc(C)cn2)cc1.CC(=O)c1c(-c2ccc(C(=O)Nc3ccc(C)cn3)cc2)nc([C@@H]2CCCCN2C(=O)OC(C)(C)C)n1N.NOP(=O)(c1ccccc1)c1ccccc1. The molecule has 7 N–H and O–H groups in total. The molecule has 10 rings (SSSR count). The fourth-order valence-corrected chi connectivity index (χ4v) is 11.9. The van der Waals surface area contributed by atoms with Crippen LogP contribution in [0.2, 0.25) is 0 Å². The highest BCUT2D eigenvalue weighted by molar-refractivity contribution is 7.74. The van der Waals surface area contributed by atoms with Crippen molar-refractivity contribution in [1.82, 2.24) is 39.4 Å². The second-order valence-corrected chi connectivity index (χ2v) is 26.5. The van der Waals surface area contributed by atoms with Gasteiger partial charge in [0, 0.05) is 72.2 Å². The van der Waals surface area contributed by atoms with Gasteiger partial charge in [0.25, 0.3) is 19.2 Å². The largest absolute Gasteiger partial charge is 0.444 e. The van der Waals surface area contributed by atoms with Gasteiger partial charge in [-0.25, -0.2) is 44.7 Å². The Hall–Kier alpha value is -9.63. The molecule has 2 aliphatic rings. The number of Topliss-reactive ketones (excluding diaryl/α,β-unsaturated/α-hetero) is 2. The van der Waals surface area contributed by atoms with Crippen LogP contribution in [0.1, 0.15) is 170 Å². The number of nitrogens with two attached hydrogens (primary N) is 2. The van der Waals surface area contributed by atoms with Crippen LogP contribution in [0.4, 0.5) is 21.2 Å². The summed E-state index contributed by atoms with van der Waals surface area (Å²) in [5, 5.41) is 6.75. The highest BCUT2D eigenvalue weighted by Gasteiger charge is 2.37. The molecule has 4 aromatic carbocycles. The number of amides is 4. The molecule has 2 aliphatic heterocycles. The second kappa shape index (κ2) is 29.3. The molecule has 0 aliphatic carbocycles. The van der Waals surface area contributed by atoms with E-state index in [9.17, 15) is 33.3 Å².